The highest BCUT2D eigenvalue weighted by Crippen LogP contribution is 2.14. The molecule has 0 aromatic rings. The molecule has 0 bridgehead atoms. The zero-order valence-electron chi connectivity index (χ0n) is 9.25. The molecule has 86 valence electrons. The van der Waals surface area contributed by atoms with Crippen molar-refractivity contribution in [1.29, 1.82) is 0 Å². The largest absolute Gasteiger partial charge is 0.478 e. The maximum atomic E-state index is 9.60. The predicted molar refractivity (Wildman–Crippen MR) is 58.8 cm³/mol. The van der Waals surface area contributed by atoms with Crippen molar-refractivity contribution in [3.63, 3.8) is 0 Å². The van der Waals surface area contributed by atoms with E-state index in [1.165, 1.54) is 33.1 Å². The van der Waals surface area contributed by atoms with Crippen LogP contribution in [0.2, 0.25) is 0 Å². The summed E-state index contributed by atoms with van der Waals surface area (Å²) in [7, 11) is 0. The van der Waals surface area contributed by atoms with Gasteiger partial charge in [0.25, 0.3) is 0 Å². The van der Waals surface area contributed by atoms with E-state index < -0.39 is 11.9 Å². The summed E-state index contributed by atoms with van der Waals surface area (Å²) < 4.78 is 0. The van der Waals surface area contributed by atoms with Crippen LogP contribution in [0.25, 0.3) is 0 Å². The van der Waals surface area contributed by atoms with E-state index in [9.17, 15) is 9.59 Å². The Morgan fingerprint density at radius 2 is 1.00 bits per heavy atom. The highest BCUT2D eigenvalue weighted by Gasteiger charge is 1.95. The van der Waals surface area contributed by atoms with Crippen LogP contribution < -0.4 is 0 Å². The molecule has 0 atom stereocenters. The summed E-state index contributed by atoms with van der Waals surface area (Å²) in [5, 5.41) is 15.8. The molecule has 0 heterocycles. The molecule has 1 rings (SSSR count). The number of carbonyl (C=O) groups is 2. The Bertz CT molecular complexity index is 201. The summed E-state index contributed by atoms with van der Waals surface area (Å²) in [6.07, 6.45) is 4.50. The molecule has 0 radical (unpaired) electrons. The lowest BCUT2D eigenvalue weighted by Crippen LogP contribution is -1.92. The van der Waals surface area contributed by atoms with Crippen LogP contribution in [0, 0.1) is 0 Å². The van der Waals surface area contributed by atoms with Gasteiger partial charge in [0, 0.05) is 11.1 Å². The molecule has 0 unspecified atom stereocenters. The Morgan fingerprint density at radius 1 is 0.867 bits per heavy atom. The molecule has 0 spiro atoms. The van der Waals surface area contributed by atoms with E-state index in [2.05, 4.69) is 13.2 Å². The first kappa shape index (κ1) is 15.9. The predicted octanol–water partition coefficient (Wildman–Crippen LogP) is 2.46. The first-order valence-electron chi connectivity index (χ1n) is 4.56. The van der Waals surface area contributed by atoms with Crippen molar-refractivity contribution >= 4 is 11.9 Å². The quantitative estimate of drug-likeness (QED) is 0.692. The SMILES string of the molecule is C1CC1.C=C(C)C(=O)O.C=C(C)C(=O)O. The standard InChI is InChI=1S/2C4H6O2.C3H6/c2*1-3(2)4(5)6;1-2-3-1/h2*1H2,2H3,(H,5,6);1-3H2. The van der Waals surface area contributed by atoms with Gasteiger partial charge in [-0.25, -0.2) is 9.59 Å². The molecule has 1 aliphatic rings. The number of carboxylic acid groups (broad SMARTS) is 2. The Labute approximate surface area is 89.9 Å². The monoisotopic (exact) mass is 214 g/mol. The summed E-state index contributed by atoms with van der Waals surface area (Å²) in [5.74, 6) is -1.87. The Balaban J connectivity index is 0. The first-order valence-corrected chi connectivity index (χ1v) is 4.56. The number of hydrogen-bond acceptors (Lipinski definition) is 2. The summed E-state index contributed by atoms with van der Waals surface area (Å²) in [5.41, 5.74) is 0.352. The van der Waals surface area contributed by atoms with Gasteiger partial charge in [-0.1, -0.05) is 32.4 Å². The van der Waals surface area contributed by atoms with Gasteiger partial charge in [0.1, 0.15) is 0 Å². The molecule has 2 N–H and O–H groups in total. The van der Waals surface area contributed by atoms with Gasteiger partial charge >= 0.3 is 11.9 Å². The molecular weight excluding hydrogens is 196 g/mol. The molecule has 15 heavy (non-hydrogen) atoms. The molecule has 0 aromatic carbocycles. The van der Waals surface area contributed by atoms with Crippen LogP contribution in [0.15, 0.2) is 24.3 Å². The lowest BCUT2D eigenvalue weighted by atomic mass is 10.4. The molecule has 0 amide bonds. The van der Waals surface area contributed by atoms with Gasteiger partial charge < -0.3 is 10.2 Å². The lowest BCUT2D eigenvalue weighted by molar-refractivity contribution is -0.133. The van der Waals surface area contributed by atoms with Crippen molar-refractivity contribution in [1.82, 2.24) is 0 Å². The van der Waals surface area contributed by atoms with Crippen molar-refractivity contribution in [3.8, 4) is 0 Å². The second-order valence-corrected chi connectivity index (χ2v) is 3.23. The topological polar surface area (TPSA) is 74.6 Å². The third-order valence-electron chi connectivity index (χ3n) is 1.08. The number of carboxylic acids is 2. The van der Waals surface area contributed by atoms with Crippen LogP contribution in [-0.2, 0) is 9.59 Å². The fraction of sp³-hybridized carbons (Fsp3) is 0.455. The fourth-order valence-electron chi connectivity index (χ4n) is 0. The van der Waals surface area contributed by atoms with Gasteiger partial charge in [-0.2, -0.15) is 0 Å². The van der Waals surface area contributed by atoms with E-state index in [-0.39, 0.29) is 11.1 Å². The normalized spacial score (nSPS) is 10.8. The summed E-state index contributed by atoms with van der Waals surface area (Å²) in [4.78, 5) is 19.2. The summed E-state index contributed by atoms with van der Waals surface area (Å²) in [6, 6.07) is 0. The molecule has 1 aliphatic carbocycles. The Hall–Kier alpha value is -1.58. The van der Waals surface area contributed by atoms with Crippen LogP contribution in [0.5, 0.6) is 0 Å². The first-order chi connectivity index (χ1) is 6.79. The molecule has 0 saturated heterocycles. The van der Waals surface area contributed by atoms with Crippen LogP contribution >= 0.6 is 0 Å². The van der Waals surface area contributed by atoms with Crippen LogP contribution in [-0.4, -0.2) is 22.2 Å². The number of hydrogen-bond donors (Lipinski definition) is 2. The van der Waals surface area contributed by atoms with Gasteiger partial charge in [-0.05, 0) is 13.8 Å². The molecule has 4 heteroatoms. The highest BCUT2D eigenvalue weighted by atomic mass is 16.4. The van der Waals surface area contributed by atoms with Crippen molar-refractivity contribution in [3.05, 3.63) is 24.3 Å². The van der Waals surface area contributed by atoms with E-state index in [4.69, 9.17) is 10.2 Å². The van der Waals surface area contributed by atoms with E-state index in [1.807, 2.05) is 0 Å². The fourth-order valence-corrected chi connectivity index (χ4v) is 0. The van der Waals surface area contributed by atoms with Gasteiger partial charge in [-0.3, -0.25) is 0 Å². The van der Waals surface area contributed by atoms with Crippen molar-refractivity contribution in [2.45, 2.75) is 33.1 Å². The molecule has 1 fully saturated rings. The second-order valence-electron chi connectivity index (χ2n) is 3.23. The number of rotatable bonds is 2. The molecular formula is C11H18O4. The van der Waals surface area contributed by atoms with Crippen molar-refractivity contribution in [2.24, 2.45) is 0 Å². The van der Waals surface area contributed by atoms with Gasteiger partial charge in [0.2, 0.25) is 0 Å². The minimum absolute atomic E-state index is 0.176. The third kappa shape index (κ3) is 24.5. The molecule has 1 saturated carbocycles. The maximum absolute atomic E-state index is 9.60. The third-order valence-corrected chi connectivity index (χ3v) is 1.08. The average molecular weight is 214 g/mol. The Kier molecular flexibility index (Phi) is 9.52. The van der Waals surface area contributed by atoms with Crippen LogP contribution in [0.1, 0.15) is 33.1 Å². The van der Waals surface area contributed by atoms with E-state index >= 15 is 0 Å². The summed E-state index contributed by atoms with van der Waals surface area (Å²) in [6.45, 7) is 9.20. The van der Waals surface area contributed by atoms with E-state index in [0.29, 0.717) is 0 Å². The van der Waals surface area contributed by atoms with E-state index in [1.54, 1.807) is 0 Å². The minimum Gasteiger partial charge on any atom is -0.478 e. The van der Waals surface area contributed by atoms with Crippen molar-refractivity contribution < 1.29 is 19.8 Å². The zero-order valence-corrected chi connectivity index (χ0v) is 9.25. The zero-order chi connectivity index (χ0) is 12.4. The van der Waals surface area contributed by atoms with Gasteiger partial charge in [0.15, 0.2) is 0 Å². The Morgan fingerprint density at radius 3 is 1.00 bits per heavy atom. The minimum atomic E-state index is -0.935. The van der Waals surface area contributed by atoms with Crippen LogP contribution in [0.4, 0.5) is 0 Å². The highest BCUT2D eigenvalue weighted by molar-refractivity contribution is 5.85. The molecule has 0 aliphatic heterocycles. The van der Waals surface area contributed by atoms with E-state index in [0.717, 1.165) is 0 Å². The van der Waals surface area contributed by atoms with Gasteiger partial charge in [0.05, 0.1) is 0 Å². The second kappa shape index (κ2) is 8.99. The van der Waals surface area contributed by atoms with Crippen molar-refractivity contribution in [2.75, 3.05) is 0 Å². The lowest BCUT2D eigenvalue weighted by Gasteiger charge is -1.79. The average Bonchev–Trinajstić information content (AvgIpc) is 2.90. The van der Waals surface area contributed by atoms with Gasteiger partial charge in [-0.15, -0.1) is 0 Å². The summed E-state index contributed by atoms with van der Waals surface area (Å²) >= 11 is 0. The number of aliphatic carboxylic acids is 2. The molecule has 4 nitrogen and oxygen atoms in total. The maximum Gasteiger partial charge on any atom is 0.330 e. The smallest absolute Gasteiger partial charge is 0.330 e. The van der Waals surface area contributed by atoms with Crippen LogP contribution in [0.3, 0.4) is 0 Å². The molecule has 0 aromatic heterocycles.